The third kappa shape index (κ3) is 2.25. The maximum atomic E-state index is 10.7. The molecule has 1 N–H and O–H groups in total. The zero-order chi connectivity index (χ0) is 13.9. The molecule has 2 atom stereocenters. The zero-order valence-electron chi connectivity index (χ0n) is 11.5. The van der Waals surface area contributed by atoms with Crippen molar-refractivity contribution in [1.82, 2.24) is 0 Å². The molecule has 1 heterocycles. The molecule has 0 fully saturated rings. The second-order valence-corrected chi connectivity index (χ2v) is 4.87. The summed E-state index contributed by atoms with van der Waals surface area (Å²) in [5, 5.41) is 10.7. The Morgan fingerprint density at radius 1 is 1.20 bits per heavy atom. The smallest absolute Gasteiger partial charge is 0.125 e. The molecule has 2 aromatic carbocycles. The molecule has 2 aromatic rings. The molecule has 0 spiro atoms. The fourth-order valence-corrected chi connectivity index (χ4v) is 2.68. The van der Waals surface area contributed by atoms with E-state index < -0.39 is 6.10 Å². The van der Waals surface area contributed by atoms with Crippen LogP contribution in [0.15, 0.2) is 48.5 Å². The van der Waals surface area contributed by atoms with Crippen molar-refractivity contribution in [1.29, 1.82) is 0 Å². The molecule has 20 heavy (non-hydrogen) atoms. The summed E-state index contributed by atoms with van der Waals surface area (Å²) in [7, 11) is 0. The molecule has 1 aliphatic rings. The van der Waals surface area contributed by atoms with Crippen molar-refractivity contribution < 1.29 is 14.6 Å². The predicted octanol–water partition coefficient (Wildman–Crippen LogP) is 3.29. The van der Waals surface area contributed by atoms with Crippen LogP contribution in [-0.4, -0.2) is 18.3 Å². The van der Waals surface area contributed by atoms with Gasteiger partial charge >= 0.3 is 0 Å². The van der Waals surface area contributed by atoms with E-state index in [1.165, 1.54) is 0 Å². The Morgan fingerprint density at radius 3 is 2.80 bits per heavy atom. The number of para-hydroxylation sites is 2. The van der Waals surface area contributed by atoms with Gasteiger partial charge in [0.05, 0.1) is 25.2 Å². The van der Waals surface area contributed by atoms with Gasteiger partial charge in [-0.2, -0.15) is 0 Å². The van der Waals surface area contributed by atoms with Gasteiger partial charge in [-0.25, -0.2) is 0 Å². The average Bonchev–Trinajstić information content (AvgIpc) is 2.91. The lowest BCUT2D eigenvalue weighted by molar-refractivity contribution is 0.126. The van der Waals surface area contributed by atoms with Crippen LogP contribution in [0.1, 0.15) is 30.1 Å². The minimum atomic E-state index is -0.624. The highest BCUT2D eigenvalue weighted by molar-refractivity contribution is 5.44. The van der Waals surface area contributed by atoms with E-state index in [-0.39, 0.29) is 5.92 Å². The van der Waals surface area contributed by atoms with Gasteiger partial charge in [0.15, 0.2) is 0 Å². The quantitative estimate of drug-likeness (QED) is 0.926. The van der Waals surface area contributed by atoms with E-state index in [4.69, 9.17) is 9.47 Å². The Kier molecular flexibility index (Phi) is 3.61. The summed E-state index contributed by atoms with van der Waals surface area (Å²) >= 11 is 0. The Bertz CT molecular complexity index is 594. The van der Waals surface area contributed by atoms with Crippen LogP contribution in [0.4, 0.5) is 0 Å². The Balaban J connectivity index is 1.92. The monoisotopic (exact) mass is 270 g/mol. The summed E-state index contributed by atoms with van der Waals surface area (Å²) in [6, 6.07) is 15.5. The first-order valence-corrected chi connectivity index (χ1v) is 6.92. The second kappa shape index (κ2) is 5.55. The third-order valence-electron chi connectivity index (χ3n) is 3.66. The molecule has 0 bridgehead atoms. The minimum absolute atomic E-state index is 0.0483. The molecule has 0 aliphatic carbocycles. The number of fused-ring (bicyclic) bond motifs is 1. The molecule has 0 saturated carbocycles. The van der Waals surface area contributed by atoms with Crippen molar-refractivity contribution in [2.24, 2.45) is 0 Å². The van der Waals surface area contributed by atoms with Crippen molar-refractivity contribution in [3.05, 3.63) is 59.7 Å². The van der Waals surface area contributed by atoms with Gasteiger partial charge in [0.1, 0.15) is 11.5 Å². The SMILES string of the molecule is CCOc1ccccc1C(O)C1COc2ccccc21. The van der Waals surface area contributed by atoms with E-state index in [1.807, 2.05) is 55.5 Å². The summed E-state index contributed by atoms with van der Waals surface area (Å²) < 4.78 is 11.3. The molecule has 3 nitrogen and oxygen atoms in total. The largest absolute Gasteiger partial charge is 0.493 e. The van der Waals surface area contributed by atoms with Crippen molar-refractivity contribution in [3.8, 4) is 11.5 Å². The Hall–Kier alpha value is -2.00. The van der Waals surface area contributed by atoms with E-state index >= 15 is 0 Å². The van der Waals surface area contributed by atoms with E-state index in [1.54, 1.807) is 0 Å². The van der Waals surface area contributed by atoms with Crippen LogP contribution >= 0.6 is 0 Å². The molecular formula is C17H18O3. The lowest BCUT2D eigenvalue weighted by Gasteiger charge is -2.20. The lowest BCUT2D eigenvalue weighted by Crippen LogP contribution is -2.13. The molecule has 0 aromatic heterocycles. The highest BCUT2D eigenvalue weighted by Gasteiger charge is 2.32. The van der Waals surface area contributed by atoms with Gasteiger partial charge in [-0.3, -0.25) is 0 Å². The van der Waals surface area contributed by atoms with Gasteiger partial charge in [-0.05, 0) is 19.1 Å². The van der Waals surface area contributed by atoms with E-state index in [0.717, 1.165) is 22.6 Å². The number of rotatable bonds is 4. The van der Waals surface area contributed by atoms with Crippen LogP contribution in [0.2, 0.25) is 0 Å². The number of hydrogen-bond donors (Lipinski definition) is 1. The van der Waals surface area contributed by atoms with Crippen LogP contribution < -0.4 is 9.47 Å². The van der Waals surface area contributed by atoms with Gasteiger partial charge in [0, 0.05) is 11.1 Å². The third-order valence-corrected chi connectivity index (χ3v) is 3.66. The van der Waals surface area contributed by atoms with E-state index in [9.17, 15) is 5.11 Å². The molecule has 0 amide bonds. The highest BCUT2D eigenvalue weighted by Crippen LogP contribution is 2.43. The van der Waals surface area contributed by atoms with E-state index in [0.29, 0.717) is 13.2 Å². The summed E-state index contributed by atoms with van der Waals surface area (Å²) in [5.41, 5.74) is 1.88. The number of benzene rings is 2. The second-order valence-electron chi connectivity index (χ2n) is 4.87. The van der Waals surface area contributed by atoms with Crippen LogP contribution in [0.25, 0.3) is 0 Å². The summed E-state index contributed by atoms with van der Waals surface area (Å²) in [6.45, 7) is 3.03. The van der Waals surface area contributed by atoms with Gasteiger partial charge < -0.3 is 14.6 Å². The molecule has 1 aliphatic heterocycles. The zero-order valence-corrected chi connectivity index (χ0v) is 11.5. The van der Waals surface area contributed by atoms with Gasteiger partial charge in [0.2, 0.25) is 0 Å². The summed E-state index contributed by atoms with van der Waals surface area (Å²) in [4.78, 5) is 0. The van der Waals surface area contributed by atoms with E-state index in [2.05, 4.69) is 0 Å². The Labute approximate surface area is 118 Å². The maximum absolute atomic E-state index is 10.7. The fraction of sp³-hybridized carbons (Fsp3) is 0.294. The first-order valence-electron chi connectivity index (χ1n) is 6.92. The van der Waals surface area contributed by atoms with Gasteiger partial charge in [-0.1, -0.05) is 36.4 Å². The molecular weight excluding hydrogens is 252 g/mol. The van der Waals surface area contributed by atoms with Crippen molar-refractivity contribution in [2.45, 2.75) is 18.9 Å². The molecule has 3 rings (SSSR count). The first-order chi connectivity index (χ1) is 9.81. The Morgan fingerprint density at radius 2 is 1.95 bits per heavy atom. The average molecular weight is 270 g/mol. The predicted molar refractivity (Wildman–Crippen MR) is 77.2 cm³/mol. The summed E-state index contributed by atoms with van der Waals surface area (Å²) in [5.74, 6) is 1.56. The van der Waals surface area contributed by atoms with Gasteiger partial charge in [0.25, 0.3) is 0 Å². The number of ether oxygens (including phenoxy) is 2. The van der Waals surface area contributed by atoms with Crippen LogP contribution in [-0.2, 0) is 0 Å². The molecule has 104 valence electrons. The molecule has 3 heteroatoms. The van der Waals surface area contributed by atoms with Gasteiger partial charge in [-0.15, -0.1) is 0 Å². The highest BCUT2D eigenvalue weighted by atomic mass is 16.5. The first kappa shape index (κ1) is 13.0. The fourth-order valence-electron chi connectivity index (χ4n) is 2.68. The summed E-state index contributed by atoms with van der Waals surface area (Å²) in [6.07, 6.45) is -0.624. The number of aliphatic hydroxyl groups is 1. The van der Waals surface area contributed by atoms with Crippen molar-refractivity contribution in [2.75, 3.05) is 13.2 Å². The maximum Gasteiger partial charge on any atom is 0.125 e. The van der Waals surface area contributed by atoms with Crippen LogP contribution in [0.3, 0.4) is 0 Å². The topological polar surface area (TPSA) is 38.7 Å². The van der Waals surface area contributed by atoms with Crippen molar-refractivity contribution in [3.63, 3.8) is 0 Å². The number of aliphatic hydroxyl groups excluding tert-OH is 1. The standard InChI is InChI=1S/C17H18O3/c1-2-19-16-10-6-4-8-13(16)17(18)14-11-20-15-9-5-3-7-12(14)15/h3-10,14,17-18H,2,11H2,1H3. The van der Waals surface area contributed by atoms with Crippen molar-refractivity contribution >= 4 is 0 Å². The lowest BCUT2D eigenvalue weighted by atomic mass is 9.90. The normalized spacial score (nSPS) is 18.2. The van der Waals surface area contributed by atoms with Crippen LogP contribution in [0, 0.1) is 0 Å². The molecule has 0 saturated heterocycles. The molecule has 0 radical (unpaired) electrons. The van der Waals surface area contributed by atoms with Crippen LogP contribution in [0.5, 0.6) is 11.5 Å². The minimum Gasteiger partial charge on any atom is -0.493 e. The molecule has 2 unspecified atom stereocenters. The number of hydrogen-bond acceptors (Lipinski definition) is 3.